The highest BCUT2D eigenvalue weighted by Crippen LogP contribution is 2.32. The number of nitrogen functional groups attached to an aromatic ring is 1. The first-order chi connectivity index (χ1) is 15.7. The van der Waals surface area contributed by atoms with Crippen LogP contribution in [0.15, 0.2) is 24.3 Å². The molecule has 7 nitrogen and oxygen atoms in total. The van der Waals surface area contributed by atoms with Crippen LogP contribution in [0, 0.1) is 5.82 Å². The Bertz CT molecular complexity index is 1020. The summed E-state index contributed by atoms with van der Waals surface area (Å²) in [7, 11) is 4.98. The molecule has 9 heteroatoms. The standard InChI is InChI=1S/C24H29ClFN3O4/c1-28(14-20(30)17-9-18(25)24(27)19(26)10-17)6-4-7-29-8-5-15-11-21(32-2)22(33-3)12-16(15)13-23(29)31/h9-12H,4-8,13-14,27H2,1-3H3. The van der Waals surface area contributed by atoms with Gasteiger partial charge in [0.2, 0.25) is 5.91 Å². The van der Waals surface area contributed by atoms with Gasteiger partial charge in [0, 0.05) is 18.7 Å². The van der Waals surface area contributed by atoms with E-state index in [2.05, 4.69) is 0 Å². The first-order valence-corrected chi connectivity index (χ1v) is 11.1. The topological polar surface area (TPSA) is 85.1 Å². The van der Waals surface area contributed by atoms with Crippen LogP contribution in [0.3, 0.4) is 0 Å². The number of likely N-dealkylation sites (N-methyl/N-ethyl adjacent to an activating group) is 1. The second-order valence-corrected chi connectivity index (χ2v) is 8.56. The molecule has 33 heavy (non-hydrogen) atoms. The van der Waals surface area contributed by atoms with Crippen molar-refractivity contribution in [2.24, 2.45) is 0 Å². The maximum absolute atomic E-state index is 13.8. The predicted molar refractivity (Wildman–Crippen MR) is 126 cm³/mol. The van der Waals surface area contributed by atoms with Gasteiger partial charge in [-0.25, -0.2) is 4.39 Å². The fourth-order valence-corrected chi connectivity index (χ4v) is 4.15. The number of benzene rings is 2. The van der Waals surface area contributed by atoms with Crippen LogP contribution in [0.1, 0.15) is 27.9 Å². The van der Waals surface area contributed by atoms with Crippen LogP contribution in [0.2, 0.25) is 5.02 Å². The highest BCUT2D eigenvalue weighted by atomic mass is 35.5. The van der Waals surface area contributed by atoms with E-state index in [4.69, 9.17) is 26.8 Å². The molecule has 2 N–H and O–H groups in total. The van der Waals surface area contributed by atoms with Crippen molar-refractivity contribution in [2.75, 3.05) is 53.2 Å². The molecule has 0 fully saturated rings. The van der Waals surface area contributed by atoms with Crippen molar-refractivity contribution in [2.45, 2.75) is 19.3 Å². The van der Waals surface area contributed by atoms with Crippen molar-refractivity contribution in [1.29, 1.82) is 0 Å². The molecule has 1 amide bonds. The number of anilines is 1. The van der Waals surface area contributed by atoms with Crippen LogP contribution >= 0.6 is 11.6 Å². The van der Waals surface area contributed by atoms with Gasteiger partial charge in [0.25, 0.3) is 0 Å². The third-order valence-electron chi connectivity index (χ3n) is 5.83. The number of nitrogens with zero attached hydrogens (tertiary/aromatic N) is 2. The summed E-state index contributed by atoms with van der Waals surface area (Å²) < 4.78 is 24.5. The van der Waals surface area contributed by atoms with Gasteiger partial charge in [0.05, 0.1) is 37.9 Å². The molecular weight excluding hydrogens is 449 g/mol. The molecule has 0 aromatic heterocycles. The number of amides is 1. The molecule has 1 heterocycles. The van der Waals surface area contributed by atoms with Gasteiger partial charge >= 0.3 is 0 Å². The van der Waals surface area contributed by atoms with Gasteiger partial charge in [-0.3, -0.25) is 14.5 Å². The molecule has 0 spiro atoms. The summed E-state index contributed by atoms with van der Waals surface area (Å²) in [5, 5.41) is 0.0249. The third kappa shape index (κ3) is 5.94. The molecule has 2 aromatic carbocycles. The zero-order valence-electron chi connectivity index (χ0n) is 19.1. The molecule has 1 aliphatic rings. The summed E-state index contributed by atoms with van der Waals surface area (Å²) in [5.41, 5.74) is 7.56. The number of carbonyl (C=O) groups is 2. The number of ether oxygens (including phenoxy) is 2. The normalized spacial score (nSPS) is 13.6. The van der Waals surface area contributed by atoms with Crippen molar-refractivity contribution in [3.05, 3.63) is 51.8 Å². The number of Topliss-reactive ketones (excluding diaryl/α,β-unsaturated/α-hetero) is 1. The molecule has 0 radical (unpaired) electrons. The molecule has 178 valence electrons. The molecule has 0 atom stereocenters. The number of rotatable bonds is 9. The highest BCUT2D eigenvalue weighted by molar-refractivity contribution is 6.33. The Labute approximate surface area is 198 Å². The lowest BCUT2D eigenvalue weighted by atomic mass is 10.0. The van der Waals surface area contributed by atoms with Crippen molar-refractivity contribution in [3.8, 4) is 11.5 Å². The van der Waals surface area contributed by atoms with Gasteiger partial charge in [-0.1, -0.05) is 11.6 Å². The SMILES string of the molecule is COc1cc2c(cc1OC)CC(=O)N(CCCN(C)CC(=O)c1cc(F)c(N)c(Cl)c1)CC2. The number of methoxy groups -OCH3 is 2. The largest absolute Gasteiger partial charge is 0.493 e. The second-order valence-electron chi connectivity index (χ2n) is 8.15. The fourth-order valence-electron chi connectivity index (χ4n) is 3.94. The highest BCUT2D eigenvalue weighted by Gasteiger charge is 2.22. The average Bonchev–Trinajstić information content (AvgIpc) is 2.93. The van der Waals surface area contributed by atoms with Gasteiger partial charge in [0.1, 0.15) is 5.82 Å². The van der Waals surface area contributed by atoms with E-state index in [-0.39, 0.29) is 34.5 Å². The quantitative estimate of drug-likeness (QED) is 0.441. The molecular formula is C24H29ClFN3O4. The molecule has 0 saturated carbocycles. The summed E-state index contributed by atoms with van der Waals surface area (Å²) >= 11 is 5.88. The molecule has 0 aliphatic carbocycles. The van der Waals surface area contributed by atoms with E-state index < -0.39 is 5.82 Å². The van der Waals surface area contributed by atoms with E-state index in [9.17, 15) is 14.0 Å². The van der Waals surface area contributed by atoms with Crippen molar-refractivity contribution >= 4 is 29.0 Å². The van der Waals surface area contributed by atoms with Gasteiger partial charge in [-0.2, -0.15) is 0 Å². The number of halogens is 2. The van der Waals surface area contributed by atoms with Crippen molar-refractivity contribution in [3.63, 3.8) is 0 Å². The molecule has 0 unspecified atom stereocenters. The first-order valence-electron chi connectivity index (χ1n) is 10.7. The molecule has 3 rings (SSSR count). The monoisotopic (exact) mass is 477 g/mol. The Kier molecular flexibility index (Phi) is 8.15. The minimum absolute atomic E-state index is 0.0249. The van der Waals surface area contributed by atoms with Crippen LogP contribution in [0.4, 0.5) is 10.1 Å². The van der Waals surface area contributed by atoms with Crippen LogP contribution in [-0.4, -0.2) is 68.9 Å². The lowest BCUT2D eigenvalue weighted by Crippen LogP contribution is -2.35. The average molecular weight is 478 g/mol. The van der Waals surface area contributed by atoms with Gasteiger partial charge in [-0.15, -0.1) is 0 Å². The number of carbonyl (C=O) groups excluding carboxylic acids is 2. The molecule has 2 aromatic rings. The molecule has 0 bridgehead atoms. The number of nitrogens with two attached hydrogens (primary N) is 1. The Hall–Kier alpha value is -2.84. The van der Waals surface area contributed by atoms with Gasteiger partial charge in [-0.05, 0) is 61.8 Å². The number of hydrogen-bond donors (Lipinski definition) is 1. The maximum atomic E-state index is 13.8. The zero-order valence-corrected chi connectivity index (χ0v) is 19.9. The maximum Gasteiger partial charge on any atom is 0.227 e. The number of ketones is 1. The zero-order chi connectivity index (χ0) is 24.1. The lowest BCUT2D eigenvalue weighted by molar-refractivity contribution is -0.130. The van der Waals surface area contributed by atoms with Gasteiger partial charge < -0.3 is 20.1 Å². The van der Waals surface area contributed by atoms with E-state index in [0.717, 1.165) is 23.6 Å². The lowest BCUT2D eigenvalue weighted by Gasteiger charge is -2.22. The smallest absolute Gasteiger partial charge is 0.227 e. The third-order valence-corrected chi connectivity index (χ3v) is 6.15. The van der Waals surface area contributed by atoms with Crippen LogP contribution in [0.5, 0.6) is 11.5 Å². The molecule has 1 aliphatic heterocycles. The van der Waals surface area contributed by atoms with Crippen LogP contribution < -0.4 is 15.2 Å². The minimum atomic E-state index is -0.704. The van der Waals surface area contributed by atoms with E-state index in [1.165, 1.54) is 6.07 Å². The second kappa shape index (κ2) is 10.9. The summed E-state index contributed by atoms with van der Waals surface area (Å²) in [6.07, 6.45) is 1.75. The Balaban J connectivity index is 1.53. The summed E-state index contributed by atoms with van der Waals surface area (Å²) in [6, 6.07) is 6.31. The number of fused-ring (bicyclic) bond motifs is 1. The van der Waals surface area contributed by atoms with E-state index in [1.807, 2.05) is 29.0 Å². The number of hydrogen-bond acceptors (Lipinski definition) is 6. The fraction of sp³-hybridized carbons (Fsp3) is 0.417. The van der Waals surface area contributed by atoms with Gasteiger partial charge in [0.15, 0.2) is 17.3 Å². The van der Waals surface area contributed by atoms with Crippen LogP contribution in [0.25, 0.3) is 0 Å². The van der Waals surface area contributed by atoms with Crippen molar-refractivity contribution < 1.29 is 23.5 Å². The minimum Gasteiger partial charge on any atom is -0.493 e. The van der Waals surface area contributed by atoms with E-state index >= 15 is 0 Å². The summed E-state index contributed by atoms with van der Waals surface area (Å²) in [6.45, 7) is 1.92. The predicted octanol–water partition coefficient (Wildman–Crippen LogP) is 3.21. The summed E-state index contributed by atoms with van der Waals surface area (Å²) in [4.78, 5) is 29.0. The molecule has 0 saturated heterocycles. The first kappa shape index (κ1) is 24.8. The Morgan fingerprint density at radius 2 is 1.85 bits per heavy atom. The Morgan fingerprint density at radius 1 is 1.18 bits per heavy atom. The van der Waals surface area contributed by atoms with Crippen molar-refractivity contribution in [1.82, 2.24) is 9.80 Å². The summed E-state index contributed by atoms with van der Waals surface area (Å²) in [5.74, 6) is 0.385. The van der Waals surface area contributed by atoms with Crippen LogP contribution in [-0.2, 0) is 17.6 Å². The van der Waals surface area contributed by atoms with E-state index in [0.29, 0.717) is 44.0 Å². The van der Waals surface area contributed by atoms with E-state index in [1.54, 1.807) is 14.2 Å². The Morgan fingerprint density at radius 3 is 2.48 bits per heavy atom.